The third kappa shape index (κ3) is 4.30. The summed E-state index contributed by atoms with van der Waals surface area (Å²) in [5.41, 5.74) is 0. The molecule has 3 rings (SSSR count). The van der Waals surface area contributed by atoms with Crippen LogP contribution in [-0.4, -0.2) is 97.0 Å². The zero-order chi connectivity index (χ0) is 17.1. The predicted molar refractivity (Wildman–Crippen MR) is 98.1 cm³/mol. The van der Waals surface area contributed by atoms with Crippen molar-refractivity contribution in [2.75, 3.05) is 59.4 Å². The van der Waals surface area contributed by atoms with Gasteiger partial charge in [-0.15, -0.1) is 0 Å². The third-order valence-electron chi connectivity index (χ3n) is 6.44. The van der Waals surface area contributed by atoms with Crippen molar-refractivity contribution in [3.05, 3.63) is 0 Å². The summed E-state index contributed by atoms with van der Waals surface area (Å²) in [5.74, 6) is 0.708. The van der Waals surface area contributed by atoms with Gasteiger partial charge in [-0.1, -0.05) is 0 Å². The number of piperidine rings is 2. The predicted octanol–water partition coefficient (Wildman–Crippen LogP) is 1.35. The molecule has 0 atom stereocenters. The number of piperazine rings is 1. The van der Waals surface area contributed by atoms with Crippen molar-refractivity contribution in [3.8, 4) is 0 Å². The quantitative estimate of drug-likeness (QED) is 0.778. The smallest absolute Gasteiger partial charge is 0.225 e. The Hall–Kier alpha value is -0.650. The van der Waals surface area contributed by atoms with Crippen LogP contribution in [-0.2, 0) is 4.79 Å². The van der Waals surface area contributed by atoms with Crippen molar-refractivity contribution >= 4 is 5.91 Å². The number of hydrogen-bond donors (Lipinski definition) is 0. The molecule has 5 nitrogen and oxygen atoms in total. The minimum Gasteiger partial charge on any atom is -0.340 e. The first-order chi connectivity index (χ1) is 11.5. The van der Waals surface area contributed by atoms with E-state index in [1.807, 2.05) is 0 Å². The number of likely N-dealkylation sites (tertiary alicyclic amines) is 2. The molecule has 0 spiro atoms. The zero-order valence-electron chi connectivity index (χ0n) is 15.9. The summed E-state index contributed by atoms with van der Waals surface area (Å²) in [7, 11) is 2.16. The Morgan fingerprint density at radius 2 is 1.42 bits per heavy atom. The zero-order valence-corrected chi connectivity index (χ0v) is 15.9. The molecule has 0 unspecified atom stereocenters. The Kier molecular flexibility index (Phi) is 6.17. The van der Waals surface area contributed by atoms with Gasteiger partial charge >= 0.3 is 0 Å². The van der Waals surface area contributed by atoms with Crippen LogP contribution in [0.25, 0.3) is 0 Å². The van der Waals surface area contributed by atoms with Crippen LogP contribution in [0, 0.1) is 5.92 Å². The van der Waals surface area contributed by atoms with Gasteiger partial charge < -0.3 is 14.7 Å². The van der Waals surface area contributed by atoms with E-state index in [0.29, 0.717) is 11.9 Å². The molecule has 0 radical (unpaired) electrons. The van der Waals surface area contributed by atoms with Gasteiger partial charge in [-0.3, -0.25) is 9.69 Å². The van der Waals surface area contributed by atoms with Gasteiger partial charge in [0.2, 0.25) is 5.91 Å². The second-order valence-corrected chi connectivity index (χ2v) is 8.30. The Balaban J connectivity index is 1.42. The molecule has 0 bridgehead atoms. The summed E-state index contributed by atoms with van der Waals surface area (Å²) in [6.45, 7) is 13.2. The molecule has 3 heterocycles. The molecular weight excluding hydrogens is 300 g/mol. The van der Waals surface area contributed by atoms with Gasteiger partial charge in [-0.2, -0.15) is 0 Å². The highest BCUT2D eigenvalue weighted by Crippen LogP contribution is 2.22. The van der Waals surface area contributed by atoms with E-state index in [4.69, 9.17) is 0 Å². The van der Waals surface area contributed by atoms with E-state index in [0.717, 1.165) is 58.2 Å². The van der Waals surface area contributed by atoms with Gasteiger partial charge in [0.15, 0.2) is 0 Å². The van der Waals surface area contributed by atoms with Gasteiger partial charge in [0.25, 0.3) is 0 Å². The van der Waals surface area contributed by atoms with Crippen LogP contribution in [0.2, 0.25) is 0 Å². The van der Waals surface area contributed by atoms with Crippen molar-refractivity contribution in [3.63, 3.8) is 0 Å². The highest BCUT2D eigenvalue weighted by molar-refractivity contribution is 5.79. The average Bonchev–Trinajstić information content (AvgIpc) is 2.62. The van der Waals surface area contributed by atoms with Crippen molar-refractivity contribution < 1.29 is 4.79 Å². The number of rotatable bonds is 3. The third-order valence-corrected chi connectivity index (χ3v) is 6.44. The van der Waals surface area contributed by atoms with Crippen molar-refractivity contribution in [2.45, 2.75) is 51.6 Å². The van der Waals surface area contributed by atoms with E-state index in [9.17, 15) is 4.79 Å². The second-order valence-electron chi connectivity index (χ2n) is 8.30. The molecule has 0 aromatic rings. The molecule has 1 amide bonds. The first-order valence-corrected chi connectivity index (χ1v) is 10.00. The summed E-state index contributed by atoms with van der Waals surface area (Å²) in [6, 6.07) is 1.41. The molecule has 138 valence electrons. The van der Waals surface area contributed by atoms with E-state index in [-0.39, 0.29) is 5.92 Å². The lowest BCUT2D eigenvalue weighted by Crippen LogP contribution is -2.56. The average molecular weight is 337 g/mol. The van der Waals surface area contributed by atoms with Gasteiger partial charge in [-0.05, 0) is 72.8 Å². The fraction of sp³-hybridized carbons (Fsp3) is 0.947. The van der Waals surface area contributed by atoms with Gasteiger partial charge in [0.1, 0.15) is 0 Å². The molecule has 0 aliphatic carbocycles. The maximum absolute atomic E-state index is 12.7. The fourth-order valence-electron chi connectivity index (χ4n) is 4.59. The number of carbonyl (C=O) groups is 1. The minimum absolute atomic E-state index is 0.280. The molecule has 3 fully saturated rings. The number of hydrogen-bond acceptors (Lipinski definition) is 4. The first-order valence-electron chi connectivity index (χ1n) is 10.00. The fourth-order valence-corrected chi connectivity index (χ4v) is 4.59. The van der Waals surface area contributed by atoms with Crippen LogP contribution < -0.4 is 0 Å². The SMILES string of the molecule is CC(C)N1CCC(N2CCN(C(=O)C3CCN(C)CC3)CC2)CC1. The van der Waals surface area contributed by atoms with Crippen LogP contribution in [0.3, 0.4) is 0 Å². The van der Waals surface area contributed by atoms with Crippen LogP contribution in [0.1, 0.15) is 39.5 Å². The van der Waals surface area contributed by atoms with Gasteiger partial charge in [0.05, 0.1) is 0 Å². The molecule has 24 heavy (non-hydrogen) atoms. The van der Waals surface area contributed by atoms with Crippen LogP contribution in [0.4, 0.5) is 0 Å². The second kappa shape index (κ2) is 8.15. The van der Waals surface area contributed by atoms with Crippen LogP contribution in [0.15, 0.2) is 0 Å². The van der Waals surface area contributed by atoms with E-state index in [2.05, 4.69) is 40.5 Å². The molecule has 3 aliphatic rings. The molecule has 0 aromatic carbocycles. The number of amides is 1. The Morgan fingerprint density at radius 1 is 0.833 bits per heavy atom. The monoisotopic (exact) mass is 336 g/mol. The normalized spacial score (nSPS) is 27.1. The highest BCUT2D eigenvalue weighted by atomic mass is 16.2. The summed E-state index contributed by atoms with van der Waals surface area (Å²) in [5, 5.41) is 0. The minimum atomic E-state index is 0.280. The lowest BCUT2D eigenvalue weighted by Gasteiger charge is -2.44. The molecule has 0 aromatic heterocycles. The maximum atomic E-state index is 12.7. The molecule has 3 aliphatic heterocycles. The van der Waals surface area contributed by atoms with Crippen molar-refractivity contribution in [1.82, 2.24) is 19.6 Å². The number of nitrogens with zero attached hydrogens (tertiary/aromatic N) is 4. The van der Waals surface area contributed by atoms with Crippen LogP contribution >= 0.6 is 0 Å². The maximum Gasteiger partial charge on any atom is 0.225 e. The van der Waals surface area contributed by atoms with E-state index in [1.54, 1.807) is 0 Å². The largest absolute Gasteiger partial charge is 0.340 e. The van der Waals surface area contributed by atoms with Crippen molar-refractivity contribution in [2.24, 2.45) is 5.92 Å². The Bertz CT molecular complexity index is 404. The number of carbonyl (C=O) groups excluding carboxylic acids is 1. The standard InChI is InChI=1S/C19H36N4O/c1-16(2)21-10-6-18(7-11-21)22-12-14-23(15-13-22)19(24)17-4-8-20(3)9-5-17/h16-18H,4-15H2,1-3H3. The van der Waals surface area contributed by atoms with E-state index < -0.39 is 0 Å². The van der Waals surface area contributed by atoms with Gasteiger partial charge in [-0.25, -0.2) is 0 Å². The van der Waals surface area contributed by atoms with Gasteiger partial charge in [0, 0.05) is 44.2 Å². The molecular formula is C19H36N4O. The molecule has 0 saturated carbocycles. The lowest BCUT2D eigenvalue weighted by atomic mass is 9.95. The van der Waals surface area contributed by atoms with Crippen molar-refractivity contribution in [1.29, 1.82) is 0 Å². The van der Waals surface area contributed by atoms with E-state index in [1.165, 1.54) is 25.9 Å². The Labute approximate surface area is 147 Å². The lowest BCUT2D eigenvalue weighted by molar-refractivity contribution is -0.139. The summed E-state index contributed by atoms with van der Waals surface area (Å²) < 4.78 is 0. The molecule has 5 heteroatoms. The Morgan fingerprint density at radius 3 is 1.96 bits per heavy atom. The van der Waals surface area contributed by atoms with E-state index >= 15 is 0 Å². The summed E-state index contributed by atoms with van der Waals surface area (Å²) in [6.07, 6.45) is 4.68. The molecule has 0 N–H and O–H groups in total. The summed E-state index contributed by atoms with van der Waals surface area (Å²) in [4.78, 5) is 22.5. The topological polar surface area (TPSA) is 30.0 Å². The van der Waals surface area contributed by atoms with Crippen LogP contribution in [0.5, 0.6) is 0 Å². The molecule has 3 saturated heterocycles. The first kappa shape index (κ1) is 18.2. The summed E-state index contributed by atoms with van der Waals surface area (Å²) >= 11 is 0. The highest BCUT2D eigenvalue weighted by Gasteiger charge is 2.32.